The molecule has 0 spiro atoms. The number of nitrogens with one attached hydrogen (secondary N) is 1. The minimum atomic E-state index is -4.49. The number of aromatic carboxylic acids is 1. The van der Waals surface area contributed by atoms with Gasteiger partial charge in [0.2, 0.25) is 0 Å². The highest BCUT2D eigenvalue weighted by Gasteiger charge is 2.40. The van der Waals surface area contributed by atoms with E-state index in [1.165, 1.54) is 17.4 Å². The number of alkyl halides is 3. The number of carboxylic acids is 1. The van der Waals surface area contributed by atoms with E-state index in [4.69, 9.17) is 0 Å². The van der Waals surface area contributed by atoms with E-state index in [-0.39, 0.29) is 11.4 Å². The van der Waals surface area contributed by atoms with Crippen molar-refractivity contribution in [2.75, 3.05) is 5.32 Å². The molecular formula is C26H20BrF3N4O3S. The molecule has 3 heterocycles. The molecule has 1 aliphatic rings. The van der Waals surface area contributed by atoms with Gasteiger partial charge in [0.05, 0.1) is 21.7 Å². The number of hydrogen-bond donors (Lipinski definition) is 3. The second-order valence-corrected chi connectivity index (χ2v) is 10.8. The molecule has 0 fully saturated rings. The summed E-state index contributed by atoms with van der Waals surface area (Å²) in [6, 6.07) is 8.43. The summed E-state index contributed by atoms with van der Waals surface area (Å²) >= 11 is 4.65. The van der Waals surface area contributed by atoms with Crippen LogP contribution in [0.1, 0.15) is 50.5 Å². The van der Waals surface area contributed by atoms with Gasteiger partial charge in [0.25, 0.3) is 0 Å². The predicted octanol–water partition coefficient (Wildman–Crippen LogP) is 6.70. The number of thiazole rings is 1. The number of halogens is 4. The summed E-state index contributed by atoms with van der Waals surface area (Å²) in [5.41, 5.74) is 0.602. The molecule has 5 rings (SSSR count). The number of aliphatic hydroxyl groups is 1. The van der Waals surface area contributed by atoms with Gasteiger partial charge in [0, 0.05) is 16.9 Å². The molecule has 0 unspecified atom stereocenters. The molecule has 4 aromatic rings. The minimum absolute atomic E-state index is 0.00768. The fourth-order valence-electron chi connectivity index (χ4n) is 4.54. The van der Waals surface area contributed by atoms with Gasteiger partial charge in [-0.25, -0.2) is 19.7 Å². The zero-order chi connectivity index (χ0) is 27.2. The summed E-state index contributed by atoms with van der Waals surface area (Å²) in [4.78, 5) is 25.2. The highest BCUT2D eigenvalue weighted by Crippen LogP contribution is 2.46. The average molecular weight is 605 g/mol. The molecule has 3 aromatic heterocycles. The smallest absolute Gasteiger partial charge is 0.416 e. The third-order valence-corrected chi connectivity index (χ3v) is 8.39. The summed E-state index contributed by atoms with van der Waals surface area (Å²) < 4.78 is 39.7. The van der Waals surface area contributed by atoms with Gasteiger partial charge in [0.15, 0.2) is 0 Å². The largest absolute Gasteiger partial charge is 0.478 e. The van der Waals surface area contributed by atoms with Crippen molar-refractivity contribution in [2.45, 2.75) is 38.0 Å². The lowest BCUT2D eigenvalue weighted by Crippen LogP contribution is -2.32. The van der Waals surface area contributed by atoms with Gasteiger partial charge in [-0.05, 0) is 89.1 Å². The van der Waals surface area contributed by atoms with Gasteiger partial charge in [-0.1, -0.05) is 6.07 Å². The molecule has 0 amide bonds. The van der Waals surface area contributed by atoms with Gasteiger partial charge in [-0.15, -0.1) is 11.3 Å². The molecule has 1 aromatic carbocycles. The summed E-state index contributed by atoms with van der Waals surface area (Å²) in [5.74, 6) is -0.734. The highest BCUT2D eigenvalue weighted by molar-refractivity contribution is 9.10. The molecule has 1 aliphatic carbocycles. The molecule has 1 atom stereocenters. The molecule has 7 nitrogen and oxygen atoms in total. The van der Waals surface area contributed by atoms with Crippen LogP contribution < -0.4 is 5.32 Å². The van der Waals surface area contributed by atoms with Crippen LogP contribution in [0.3, 0.4) is 0 Å². The van der Waals surface area contributed by atoms with Crippen molar-refractivity contribution < 1.29 is 28.2 Å². The van der Waals surface area contributed by atoms with E-state index in [1.807, 2.05) is 13.0 Å². The fraction of sp³-hybridized carbons (Fsp3) is 0.231. The van der Waals surface area contributed by atoms with E-state index in [9.17, 15) is 28.2 Å². The number of aryl methyl sites for hydroxylation is 1. The van der Waals surface area contributed by atoms with Gasteiger partial charge in [-0.3, -0.25) is 0 Å². The van der Waals surface area contributed by atoms with E-state index in [2.05, 4.69) is 36.2 Å². The maximum absolute atomic E-state index is 13.1. The van der Waals surface area contributed by atoms with E-state index < -0.39 is 23.3 Å². The first-order valence-corrected chi connectivity index (χ1v) is 13.1. The van der Waals surface area contributed by atoms with Crippen molar-refractivity contribution in [3.05, 3.63) is 86.1 Å². The molecule has 0 saturated heterocycles. The molecule has 0 bridgehead atoms. The Morgan fingerprint density at radius 2 is 1.95 bits per heavy atom. The van der Waals surface area contributed by atoms with Gasteiger partial charge in [-0.2, -0.15) is 13.2 Å². The van der Waals surface area contributed by atoms with Crippen molar-refractivity contribution in [3.63, 3.8) is 0 Å². The Hall–Kier alpha value is -3.35. The van der Waals surface area contributed by atoms with Crippen LogP contribution in [0.25, 0.3) is 10.6 Å². The number of aromatic nitrogens is 3. The van der Waals surface area contributed by atoms with Crippen LogP contribution in [0, 0.1) is 6.92 Å². The predicted molar refractivity (Wildman–Crippen MR) is 140 cm³/mol. The Morgan fingerprint density at radius 3 is 2.68 bits per heavy atom. The van der Waals surface area contributed by atoms with E-state index in [1.54, 1.807) is 18.3 Å². The number of anilines is 2. The molecule has 0 saturated carbocycles. The molecule has 3 N–H and O–H groups in total. The maximum Gasteiger partial charge on any atom is 0.416 e. The molecular weight excluding hydrogens is 585 g/mol. The zero-order valence-electron chi connectivity index (χ0n) is 19.8. The molecule has 38 heavy (non-hydrogen) atoms. The van der Waals surface area contributed by atoms with Crippen LogP contribution >= 0.6 is 27.3 Å². The summed E-state index contributed by atoms with van der Waals surface area (Å²) in [7, 11) is 0. The third kappa shape index (κ3) is 4.91. The Bertz CT molecular complexity index is 1560. The van der Waals surface area contributed by atoms with Crippen molar-refractivity contribution in [2.24, 2.45) is 0 Å². The highest BCUT2D eigenvalue weighted by atomic mass is 79.9. The summed E-state index contributed by atoms with van der Waals surface area (Å²) in [6.07, 6.45) is -0.136. The Kier molecular flexibility index (Phi) is 6.74. The Labute approximate surface area is 227 Å². The normalized spacial score (nSPS) is 17.2. The fourth-order valence-corrected chi connectivity index (χ4v) is 6.27. The van der Waals surface area contributed by atoms with Crippen molar-refractivity contribution in [1.29, 1.82) is 0 Å². The Balaban J connectivity index is 1.48. The van der Waals surface area contributed by atoms with E-state index in [0.717, 1.165) is 29.5 Å². The minimum Gasteiger partial charge on any atom is -0.478 e. The lowest BCUT2D eigenvalue weighted by molar-refractivity contribution is -0.137. The first kappa shape index (κ1) is 26.3. The number of benzene rings is 1. The number of fused-ring (bicyclic) bond motifs is 1. The number of carboxylic acid groups (broad SMARTS) is 1. The van der Waals surface area contributed by atoms with Crippen LogP contribution in [0.4, 0.5) is 24.8 Å². The van der Waals surface area contributed by atoms with Crippen LogP contribution in [0.2, 0.25) is 0 Å². The average Bonchev–Trinajstić information content (AvgIpc) is 3.35. The molecule has 0 aliphatic heterocycles. The first-order chi connectivity index (χ1) is 18.0. The van der Waals surface area contributed by atoms with Crippen molar-refractivity contribution >= 4 is 44.9 Å². The number of rotatable bonds is 5. The molecule has 196 valence electrons. The Morgan fingerprint density at radius 1 is 1.16 bits per heavy atom. The quantitative estimate of drug-likeness (QED) is 0.232. The number of carbonyl (C=O) groups is 1. The second kappa shape index (κ2) is 9.75. The van der Waals surface area contributed by atoms with Gasteiger partial charge in [0.1, 0.15) is 22.2 Å². The van der Waals surface area contributed by atoms with Crippen LogP contribution in [-0.2, 0) is 18.2 Å². The zero-order valence-corrected chi connectivity index (χ0v) is 22.2. The van der Waals surface area contributed by atoms with Gasteiger partial charge < -0.3 is 15.5 Å². The number of hydrogen-bond acceptors (Lipinski definition) is 7. The van der Waals surface area contributed by atoms with E-state index >= 15 is 0 Å². The SMILES string of the molecule is Cc1cc(Nc2cc(C(F)(F)F)ccn2)nc(-c2cnc([C@@]3(O)CCCc4c3ccc(C(=O)O)c4Br)s2)c1. The van der Waals surface area contributed by atoms with E-state index in [0.29, 0.717) is 50.7 Å². The lowest BCUT2D eigenvalue weighted by Gasteiger charge is -2.33. The van der Waals surface area contributed by atoms with Crippen molar-refractivity contribution in [3.8, 4) is 10.6 Å². The molecule has 0 radical (unpaired) electrons. The standard InChI is InChI=1S/C26H20BrF3N4O3S/c1-13-9-18(33-21(10-13)34-20-11-14(6-8-31-20)26(28,29)30)19-12-32-24(38-19)25(37)7-2-3-15-17(25)5-4-16(22(15)27)23(35)36/h4-6,8-12,37H,2-3,7H2,1H3,(H,35,36)(H,31,33,34)/t25-/m1/s1. The van der Waals surface area contributed by atoms with Crippen LogP contribution in [0.5, 0.6) is 0 Å². The van der Waals surface area contributed by atoms with Gasteiger partial charge >= 0.3 is 12.1 Å². The summed E-state index contributed by atoms with van der Waals surface area (Å²) in [6.45, 7) is 1.83. The summed E-state index contributed by atoms with van der Waals surface area (Å²) in [5, 5.41) is 24.5. The molecule has 12 heteroatoms. The number of nitrogens with zero attached hydrogens (tertiary/aromatic N) is 3. The van der Waals surface area contributed by atoms with Crippen molar-refractivity contribution in [1.82, 2.24) is 15.0 Å². The van der Waals surface area contributed by atoms with Crippen LogP contribution in [0.15, 0.2) is 53.3 Å². The maximum atomic E-state index is 13.1. The second-order valence-electron chi connectivity index (χ2n) is 8.97. The first-order valence-electron chi connectivity index (χ1n) is 11.5. The van der Waals surface area contributed by atoms with Crippen LogP contribution in [-0.4, -0.2) is 31.1 Å². The topological polar surface area (TPSA) is 108 Å². The third-order valence-electron chi connectivity index (χ3n) is 6.31. The number of pyridine rings is 2. The monoisotopic (exact) mass is 604 g/mol. The lowest BCUT2D eigenvalue weighted by atomic mass is 9.79.